The van der Waals surface area contributed by atoms with Gasteiger partial charge in [-0.05, 0) is 0 Å². The van der Waals surface area contributed by atoms with E-state index in [1.54, 1.807) is 0 Å². The van der Waals surface area contributed by atoms with Crippen molar-refractivity contribution in [2.45, 2.75) is 24.2 Å². The average molecular weight is 290 g/mol. The van der Waals surface area contributed by atoms with Gasteiger partial charge in [0.25, 0.3) is 0 Å². The first-order chi connectivity index (χ1) is 7.79. The topological polar surface area (TPSA) is 18.5 Å². The zero-order valence-corrected chi connectivity index (χ0v) is 8.00. The van der Waals surface area contributed by atoms with E-state index in [0.717, 1.165) is 0 Å². The summed E-state index contributed by atoms with van der Waals surface area (Å²) in [7, 11) is 0. The highest BCUT2D eigenvalue weighted by atomic mass is 19.4. The number of alkyl halides is 8. The molecule has 2 nitrogen and oxygen atoms in total. The molecule has 0 saturated carbocycles. The van der Waals surface area contributed by atoms with Crippen LogP contribution in [0.15, 0.2) is 11.9 Å². The average Bonchev–Trinajstić information content (AvgIpc) is 2.33. The van der Waals surface area contributed by atoms with E-state index in [-0.39, 0.29) is 0 Å². The van der Waals surface area contributed by atoms with Crippen LogP contribution in [0.25, 0.3) is 0 Å². The van der Waals surface area contributed by atoms with Gasteiger partial charge >= 0.3 is 24.2 Å². The quantitative estimate of drug-likeness (QED) is 0.742. The van der Waals surface area contributed by atoms with Crippen molar-refractivity contribution in [2.75, 3.05) is 6.61 Å². The number of hydrogen-bond donors (Lipinski definition) is 0. The van der Waals surface area contributed by atoms with Crippen LogP contribution < -0.4 is 0 Å². The second kappa shape index (κ2) is 4.02. The Morgan fingerprint density at radius 3 is 1.94 bits per heavy atom. The fourth-order valence-corrected chi connectivity index (χ4v) is 0.926. The smallest absolute Gasteiger partial charge is 0.306 e. The standard InChI is InChI=1S/C7H3F9O2/c8-3-1-4(9,18-6(3,13)14)7(15,16)17-2-5(10,11)12/h1H,2H2. The van der Waals surface area contributed by atoms with Crippen molar-refractivity contribution in [3.05, 3.63) is 11.9 Å². The van der Waals surface area contributed by atoms with E-state index in [9.17, 15) is 39.5 Å². The molecule has 1 rings (SSSR count). The van der Waals surface area contributed by atoms with Crippen LogP contribution in [0.4, 0.5) is 39.5 Å². The molecule has 0 N–H and O–H groups in total. The van der Waals surface area contributed by atoms with E-state index in [1.807, 2.05) is 0 Å². The van der Waals surface area contributed by atoms with Gasteiger partial charge in [-0.3, -0.25) is 4.74 Å². The molecular formula is C7H3F9O2. The Hall–Kier alpha value is -0.970. The lowest BCUT2D eigenvalue weighted by molar-refractivity contribution is -0.413. The van der Waals surface area contributed by atoms with E-state index < -0.39 is 42.8 Å². The van der Waals surface area contributed by atoms with Crippen molar-refractivity contribution >= 4 is 0 Å². The Kier molecular flexibility index (Phi) is 3.37. The van der Waals surface area contributed by atoms with Crippen molar-refractivity contribution in [3.63, 3.8) is 0 Å². The molecule has 1 aliphatic heterocycles. The molecule has 11 heteroatoms. The van der Waals surface area contributed by atoms with E-state index in [1.165, 1.54) is 0 Å². The SMILES string of the molecule is FC1=CC(F)(C(F)(F)OCC(F)(F)F)OC1(F)F. The predicted octanol–water partition coefficient (Wildman–Crippen LogP) is 3.30. The molecule has 0 radical (unpaired) electrons. The molecule has 1 heterocycles. The molecule has 0 aromatic heterocycles. The minimum absolute atomic E-state index is 0.983. The first kappa shape index (κ1) is 15.1. The van der Waals surface area contributed by atoms with Gasteiger partial charge in [0.05, 0.1) is 0 Å². The lowest BCUT2D eigenvalue weighted by Gasteiger charge is -2.28. The van der Waals surface area contributed by atoms with Crippen LogP contribution in [-0.4, -0.2) is 30.9 Å². The molecule has 18 heavy (non-hydrogen) atoms. The van der Waals surface area contributed by atoms with Crippen LogP contribution in [0.5, 0.6) is 0 Å². The molecule has 0 aromatic carbocycles. The van der Waals surface area contributed by atoms with Crippen LogP contribution in [-0.2, 0) is 9.47 Å². The molecule has 0 aromatic rings. The second-order valence-corrected chi connectivity index (χ2v) is 3.18. The summed E-state index contributed by atoms with van der Waals surface area (Å²) in [6.07, 6.45) is -16.7. The van der Waals surface area contributed by atoms with Gasteiger partial charge in [0.15, 0.2) is 0 Å². The van der Waals surface area contributed by atoms with E-state index in [0.29, 0.717) is 0 Å². The molecule has 1 aliphatic rings. The van der Waals surface area contributed by atoms with Crippen molar-refractivity contribution in [2.24, 2.45) is 0 Å². The fraction of sp³-hybridized carbons (Fsp3) is 0.714. The minimum Gasteiger partial charge on any atom is -0.306 e. The lowest BCUT2D eigenvalue weighted by Crippen LogP contribution is -2.48. The maximum atomic E-state index is 13.2. The molecule has 1 atom stereocenters. The van der Waals surface area contributed by atoms with Crippen molar-refractivity contribution in [3.8, 4) is 0 Å². The summed E-state index contributed by atoms with van der Waals surface area (Å²) in [6.45, 7) is -2.63. The molecule has 106 valence electrons. The highest BCUT2D eigenvalue weighted by Crippen LogP contribution is 2.49. The van der Waals surface area contributed by atoms with Crippen molar-refractivity contribution in [1.82, 2.24) is 0 Å². The molecule has 1 unspecified atom stereocenters. The third-order valence-corrected chi connectivity index (χ3v) is 1.68. The normalized spacial score (nSPS) is 28.4. The Labute approximate surface area is 93.0 Å². The summed E-state index contributed by atoms with van der Waals surface area (Å²) in [5, 5.41) is 0. The second-order valence-electron chi connectivity index (χ2n) is 3.18. The molecule has 0 saturated heterocycles. The zero-order valence-electron chi connectivity index (χ0n) is 8.00. The third kappa shape index (κ3) is 2.88. The van der Waals surface area contributed by atoms with Crippen LogP contribution >= 0.6 is 0 Å². The Balaban J connectivity index is 2.86. The first-order valence-electron chi connectivity index (χ1n) is 4.03. The Bertz CT molecular complexity index is 360. The maximum absolute atomic E-state index is 13.2. The number of rotatable bonds is 3. The molecular weight excluding hydrogens is 287 g/mol. The molecule has 0 aliphatic carbocycles. The van der Waals surface area contributed by atoms with Crippen LogP contribution in [0.1, 0.15) is 0 Å². The van der Waals surface area contributed by atoms with Gasteiger partial charge in [0.1, 0.15) is 6.61 Å². The van der Waals surface area contributed by atoms with Gasteiger partial charge in [-0.25, -0.2) is 4.39 Å². The fourth-order valence-electron chi connectivity index (χ4n) is 0.926. The molecule has 0 fully saturated rings. The van der Waals surface area contributed by atoms with Gasteiger partial charge in [0.2, 0.25) is 5.83 Å². The maximum Gasteiger partial charge on any atom is 0.419 e. The molecule has 0 bridgehead atoms. The summed E-state index contributed by atoms with van der Waals surface area (Å²) in [4.78, 5) is 0. The van der Waals surface area contributed by atoms with Crippen LogP contribution in [0.3, 0.4) is 0 Å². The van der Waals surface area contributed by atoms with Gasteiger partial charge in [0, 0.05) is 6.08 Å². The number of ether oxygens (including phenoxy) is 2. The summed E-state index contributed by atoms with van der Waals surface area (Å²) in [6, 6.07) is 0. The predicted molar refractivity (Wildman–Crippen MR) is 36.0 cm³/mol. The summed E-state index contributed by atoms with van der Waals surface area (Å²) in [5.74, 6) is -7.52. The monoisotopic (exact) mass is 290 g/mol. The lowest BCUT2D eigenvalue weighted by atomic mass is 10.3. The molecule has 0 amide bonds. The summed E-state index contributed by atoms with van der Waals surface area (Å²) in [5.41, 5.74) is 0. The largest absolute Gasteiger partial charge is 0.419 e. The number of halogens is 9. The van der Waals surface area contributed by atoms with Gasteiger partial charge in [-0.15, -0.1) is 0 Å². The van der Waals surface area contributed by atoms with Gasteiger partial charge < -0.3 is 4.74 Å². The van der Waals surface area contributed by atoms with E-state index in [4.69, 9.17) is 0 Å². The first-order valence-corrected chi connectivity index (χ1v) is 4.03. The van der Waals surface area contributed by atoms with Gasteiger partial charge in [-0.2, -0.15) is 35.1 Å². The third-order valence-electron chi connectivity index (χ3n) is 1.68. The Morgan fingerprint density at radius 1 is 1.11 bits per heavy atom. The van der Waals surface area contributed by atoms with Crippen molar-refractivity contribution in [1.29, 1.82) is 0 Å². The minimum atomic E-state index is -5.44. The van der Waals surface area contributed by atoms with Crippen LogP contribution in [0, 0.1) is 0 Å². The Morgan fingerprint density at radius 2 is 1.61 bits per heavy atom. The summed E-state index contributed by atoms with van der Waals surface area (Å²) >= 11 is 0. The van der Waals surface area contributed by atoms with E-state index in [2.05, 4.69) is 9.47 Å². The van der Waals surface area contributed by atoms with Crippen molar-refractivity contribution < 1.29 is 49.0 Å². The van der Waals surface area contributed by atoms with E-state index >= 15 is 0 Å². The highest BCUT2D eigenvalue weighted by Gasteiger charge is 2.67. The zero-order chi connectivity index (χ0) is 14.4. The highest BCUT2D eigenvalue weighted by molar-refractivity contribution is 5.16. The number of hydrogen-bond acceptors (Lipinski definition) is 2. The van der Waals surface area contributed by atoms with Crippen LogP contribution in [0.2, 0.25) is 0 Å². The van der Waals surface area contributed by atoms with Gasteiger partial charge in [-0.1, -0.05) is 0 Å². The summed E-state index contributed by atoms with van der Waals surface area (Å²) < 4.78 is 116. The molecule has 0 spiro atoms.